The number of carbonyl (C=O) groups excluding carboxylic acids is 2. The Kier molecular flexibility index (Phi) is 7.72. The number of hydrogen-bond donors (Lipinski definition) is 3. The molecule has 220 valence electrons. The van der Waals surface area contributed by atoms with Crippen molar-refractivity contribution in [3.05, 3.63) is 143 Å². The molecule has 7 rings (SSSR count). The Hall–Kier alpha value is -5.10. The van der Waals surface area contributed by atoms with Gasteiger partial charge in [0.2, 0.25) is 6.10 Å². The summed E-state index contributed by atoms with van der Waals surface area (Å²) in [6, 6.07) is 33.6. The number of ether oxygens (including phenoxy) is 1. The zero-order valence-corrected chi connectivity index (χ0v) is 24.5. The maximum absolute atomic E-state index is 13.5. The summed E-state index contributed by atoms with van der Waals surface area (Å²) in [6.45, 7) is 0. The van der Waals surface area contributed by atoms with E-state index in [2.05, 4.69) is 64.1 Å². The summed E-state index contributed by atoms with van der Waals surface area (Å²) in [7, 11) is 0. The average Bonchev–Trinajstić information content (AvgIpc) is 3.70. The lowest BCUT2D eigenvalue weighted by Gasteiger charge is -2.25. The molecule has 1 saturated carbocycles. The van der Waals surface area contributed by atoms with Crippen molar-refractivity contribution in [1.29, 1.82) is 0 Å². The predicted molar refractivity (Wildman–Crippen MR) is 174 cm³/mol. The highest BCUT2D eigenvalue weighted by Crippen LogP contribution is 2.39. The summed E-state index contributed by atoms with van der Waals surface area (Å²) < 4.78 is 5.93. The number of amides is 1. The van der Waals surface area contributed by atoms with E-state index in [0.29, 0.717) is 11.1 Å². The number of aromatic nitrogens is 2. The van der Waals surface area contributed by atoms with Gasteiger partial charge in [-0.15, -0.1) is 0 Å². The van der Waals surface area contributed by atoms with Gasteiger partial charge in [-0.2, -0.15) is 0 Å². The zero-order valence-electron chi connectivity index (χ0n) is 24.5. The SMILES string of the molecule is O=C(OC(C(=O)NC1CCCCC1)c1ccccc1)c1ccc(C(c2c[nH]c3ccccc23)c2c[nH]c3ccccc23)cc1. The van der Waals surface area contributed by atoms with Gasteiger partial charge in [-0.1, -0.05) is 98.1 Å². The van der Waals surface area contributed by atoms with Crippen LogP contribution >= 0.6 is 0 Å². The highest BCUT2D eigenvalue weighted by atomic mass is 16.5. The number of H-pyrrole nitrogens is 2. The maximum atomic E-state index is 13.5. The number of benzene rings is 4. The number of fused-ring (bicyclic) bond motifs is 2. The van der Waals surface area contributed by atoms with Crippen LogP contribution in [0.3, 0.4) is 0 Å². The first-order chi connectivity index (χ1) is 21.7. The predicted octanol–water partition coefficient (Wildman–Crippen LogP) is 8.18. The van der Waals surface area contributed by atoms with Crippen LogP contribution in [0.2, 0.25) is 0 Å². The van der Waals surface area contributed by atoms with Crippen molar-refractivity contribution in [1.82, 2.24) is 15.3 Å². The first-order valence-electron chi connectivity index (χ1n) is 15.4. The molecule has 1 atom stereocenters. The highest BCUT2D eigenvalue weighted by molar-refractivity contribution is 5.93. The van der Waals surface area contributed by atoms with Crippen LogP contribution in [0.5, 0.6) is 0 Å². The molecule has 0 aliphatic heterocycles. The number of para-hydroxylation sites is 2. The van der Waals surface area contributed by atoms with E-state index in [0.717, 1.165) is 64.2 Å². The molecule has 6 nitrogen and oxygen atoms in total. The van der Waals surface area contributed by atoms with E-state index in [4.69, 9.17) is 4.74 Å². The molecule has 6 heteroatoms. The third-order valence-electron chi connectivity index (χ3n) is 8.86. The van der Waals surface area contributed by atoms with Crippen LogP contribution in [0, 0.1) is 0 Å². The van der Waals surface area contributed by atoms with Crippen molar-refractivity contribution in [2.45, 2.75) is 50.2 Å². The lowest BCUT2D eigenvalue weighted by atomic mass is 9.84. The Balaban J connectivity index is 1.19. The second-order valence-electron chi connectivity index (χ2n) is 11.7. The molecular weight excluding hydrogens is 546 g/mol. The molecule has 4 aromatic carbocycles. The zero-order chi connectivity index (χ0) is 29.9. The van der Waals surface area contributed by atoms with Gasteiger partial charge in [0.25, 0.3) is 5.91 Å². The van der Waals surface area contributed by atoms with Crippen molar-refractivity contribution < 1.29 is 14.3 Å². The number of aromatic amines is 2. The van der Waals surface area contributed by atoms with Gasteiger partial charge < -0.3 is 20.0 Å². The van der Waals surface area contributed by atoms with E-state index >= 15 is 0 Å². The van der Waals surface area contributed by atoms with Crippen molar-refractivity contribution in [3.63, 3.8) is 0 Å². The van der Waals surface area contributed by atoms with Gasteiger partial charge in [0.15, 0.2) is 0 Å². The highest BCUT2D eigenvalue weighted by Gasteiger charge is 2.29. The molecule has 2 heterocycles. The standard InChI is InChI=1S/C38H35N3O3/c42-37(41-28-13-5-2-6-14-28)36(26-11-3-1-4-12-26)44-38(43)27-21-19-25(20-22-27)35(31-23-39-33-17-9-7-15-29(31)33)32-24-40-34-18-10-8-16-30(32)34/h1,3-4,7-12,15-24,28,35-36,39-40H,2,5-6,13-14H2,(H,41,42). The van der Waals surface area contributed by atoms with Crippen LogP contribution in [0.1, 0.15) is 76.7 Å². The Labute approximate surface area is 256 Å². The second-order valence-corrected chi connectivity index (χ2v) is 11.7. The van der Waals surface area contributed by atoms with Crippen LogP contribution in [-0.4, -0.2) is 27.9 Å². The summed E-state index contributed by atoms with van der Waals surface area (Å²) in [5, 5.41) is 5.44. The maximum Gasteiger partial charge on any atom is 0.339 e. The van der Waals surface area contributed by atoms with E-state index in [1.807, 2.05) is 54.6 Å². The number of hydrogen-bond acceptors (Lipinski definition) is 3. The molecule has 1 fully saturated rings. The molecule has 1 amide bonds. The van der Waals surface area contributed by atoms with E-state index in [-0.39, 0.29) is 17.9 Å². The first kappa shape index (κ1) is 27.7. The summed E-state index contributed by atoms with van der Waals surface area (Å²) in [5.74, 6) is -0.877. The summed E-state index contributed by atoms with van der Waals surface area (Å²) in [4.78, 5) is 33.8. The summed E-state index contributed by atoms with van der Waals surface area (Å²) >= 11 is 0. The van der Waals surface area contributed by atoms with Crippen molar-refractivity contribution >= 4 is 33.7 Å². The molecule has 0 spiro atoms. The van der Waals surface area contributed by atoms with Gasteiger partial charge in [0, 0.05) is 51.7 Å². The molecule has 44 heavy (non-hydrogen) atoms. The minimum atomic E-state index is -1.02. The van der Waals surface area contributed by atoms with Gasteiger partial charge in [-0.25, -0.2) is 4.79 Å². The summed E-state index contributed by atoms with van der Waals surface area (Å²) in [5.41, 5.74) is 6.57. The van der Waals surface area contributed by atoms with Crippen LogP contribution in [0.25, 0.3) is 21.8 Å². The van der Waals surface area contributed by atoms with Crippen molar-refractivity contribution in [2.75, 3.05) is 0 Å². The topological polar surface area (TPSA) is 87.0 Å². The largest absolute Gasteiger partial charge is 0.444 e. The summed E-state index contributed by atoms with van der Waals surface area (Å²) in [6.07, 6.45) is 8.45. The lowest BCUT2D eigenvalue weighted by molar-refractivity contribution is -0.131. The Bertz CT molecular complexity index is 1820. The molecule has 0 bridgehead atoms. The molecular formula is C38H35N3O3. The number of nitrogens with one attached hydrogen (secondary N) is 3. The van der Waals surface area contributed by atoms with Crippen molar-refractivity contribution in [2.24, 2.45) is 0 Å². The van der Waals surface area contributed by atoms with E-state index in [1.165, 1.54) is 6.42 Å². The fourth-order valence-electron chi connectivity index (χ4n) is 6.60. The van der Waals surface area contributed by atoms with E-state index in [1.54, 1.807) is 12.1 Å². The third-order valence-corrected chi connectivity index (χ3v) is 8.86. The molecule has 6 aromatic rings. The number of rotatable bonds is 8. The molecule has 2 aromatic heterocycles. The molecule has 1 aliphatic carbocycles. The van der Waals surface area contributed by atoms with Gasteiger partial charge >= 0.3 is 5.97 Å². The molecule has 1 aliphatic rings. The first-order valence-corrected chi connectivity index (χ1v) is 15.4. The normalized spacial score (nSPS) is 14.6. The van der Waals surface area contributed by atoms with Crippen LogP contribution < -0.4 is 5.32 Å². The minimum absolute atomic E-state index is 0.0780. The number of esters is 1. The monoisotopic (exact) mass is 581 g/mol. The molecule has 1 unspecified atom stereocenters. The number of carbonyl (C=O) groups is 2. The second kappa shape index (κ2) is 12.3. The van der Waals surface area contributed by atoms with Crippen LogP contribution in [0.15, 0.2) is 116 Å². The van der Waals surface area contributed by atoms with Gasteiger partial charge in [-0.05, 0) is 53.8 Å². The van der Waals surface area contributed by atoms with Gasteiger partial charge in [0.1, 0.15) is 0 Å². The minimum Gasteiger partial charge on any atom is -0.444 e. The fraction of sp³-hybridized carbons (Fsp3) is 0.211. The Morgan fingerprint density at radius 2 is 1.23 bits per heavy atom. The lowest BCUT2D eigenvalue weighted by Crippen LogP contribution is -2.40. The third kappa shape index (κ3) is 5.51. The van der Waals surface area contributed by atoms with Gasteiger partial charge in [0.05, 0.1) is 5.56 Å². The van der Waals surface area contributed by atoms with Crippen LogP contribution in [-0.2, 0) is 9.53 Å². The smallest absolute Gasteiger partial charge is 0.339 e. The average molecular weight is 582 g/mol. The molecule has 3 N–H and O–H groups in total. The van der Waals surface area contributed by atoms with Gasteiger partial charge in [-0.3, -0.25) is 4.79 Å². The van der Waals surface area contributed by atoms with Crippen LogP contribution in [0.4, 0.5) is 0 Å². The Morgan fingerprint density at radius 1 is 0.659 bits per heavy atom. The molecule has 0 radical (unpaired) electrons. The fourth-order valence-corrected chi connectivity index (χ4v) is 6.60. The van der Waals surface area contributed by atoms with E-state index in [9.17, 15) is 9.59 Å². The van der Waals surface area contributed by atoms with Crippen molar-refractivity contribution in [3.8, 4) is 0 Å². The van der Waals surface area contributed by atoms with E-state index < -0.39 is 12.1 Å². The Morgan fingerprint density at radius 3 is 1.84 bits per heavy atom. The molecule has 0 saturated heterocycles. The quantitative estimate of drug-likeness (QED) is 0.158.